The van der Waals surface area contributed by atoms with Crippen LogP contribution in [0.25, 0.3) is 0 Å². The van der Waals surface area contributed by atoms with Gasteiger partial charge in [-0.25, -0.2) is 0 Å². The highest BCUT2D eigenvalue weighted by atomic mass is 15.2. The maximum Gasteiger partial charge on any atom is 0.00952 e. The molecule has 200 valence electrons. The van der Waals surface area contributed by atoms with E-state index in [1.54, 1.807) is 0 Å². The van der Waals surface area contributed by atoms with Crippen molar-refractivity contribution >= 4 is 0 Å². The summed E-state index contributed by atoms with van der Waals surface area (Å²) in [6.07, 6.45) is 43.2. The minimum atomic E-state index is 0.899. The molecule has 0 aromatic heterocycles. The number of hydrogen-bond acceptors (Lipinski definition) is 1. The summed E-state index contributed by atoms with van der Waals surface area (Å²) in [5.41, 5.74) is 0. The number of allylic oxidation sites excluding steroid dienone is 4. The highest BCUT2D eigenvalue weighted by Crippen LogP contribution is 2.22. The summed E-state index contributed by atoms with van der Waals surface area (Å²) in [5.74, 6) is 0. The predicted molar refractivity (Wildman–Crippen MR) is 156 cm³/mol. The van der Waals surface area contributed by atoms with Crippen molar-refractivity contribution in [2.45, 2.75) is 174 Å². The molecular weight excluding hydrogens is 410 g/mol. The quantitative estimate of drug-likeness (QED) is 0.0941. The summed E-state index contributed by atoms with van der Waals surface area (Å²) < 4.78 is 0. The van der Waals surface area contributed by atoms with Crippen molar-refractivity contribution in [1.82, 2.24) is 4.90 Å². The van der Waals surface area contributed by atoms with Crippen LogP contribution in [0.2, 0.25) is 0 Å². The Morgan fingerprint density at radius 1 is 0.500 bits per heavy atom. The topological polar surface area (TPSA) is 3.24 Å². The van der Waals surface area contributed by atoms with Gasteiger partial charge in [-0.15, -0.1) is 0 Å². The molecule has 0 spiro atoms. The second kappa shape index (κ2) is 25.5. The van der Waals surface area contributed by atoms with Gasteiger partial charge in [-0.3, -0.25) is 0 Å². The minimum Gasteiger partial charge on any atom is -0.300 e. The molecule has 1 heterocycles. The molecule has 0 bridgehead atoms. The zero-order valence-corrected chi connectivity index (χ0v) is 23.7. The maximum atomic E-state index is 2.84. The Morgan fingerprint density at radius 2 is 0.912 bits per heavy atom. The van der Waals surface area contributed by atoms with Crippen LogP contribution in [0.3, 0.4) is 0 Å². The van der Waals surface area contributed by atoms with Gasteiger partial charge in [0.1, 0.15) is 0 Å². The summed E-state index contributed by atoms with van der Waals surface area (Å²) in [7, 11) is 0. The van der Waals surface area contributed by atoms with Crippen LogP contribution in [0.4, 0.5) is 0 Å². The van der Waals surface area contributed by atoms with Crippen LogP contribution >= 0.6 is 0 Å². The third-order valence-corrected chi connectivity index (χ3v) is 7.79. The Kier molecular flexibility index (Phi) is 23.6. The predicted octanol–water partition coefficient (Wildman–Crippen LogP) is 11.2. The first-order valence-electron chi connectivity index (χ1n) is 15.9. The highest BCUT2D eigenvalue weighted by molar-refractivity contribution is 4.92. The Bertz CT molecular complexity index is 445. The van der Waals surface area contributed by atoms with Crippen LogP contribution < -0.4 is 0 Å². The van der Waals surface area contributed by atoms with E-state index in [9.17, 15) is 0 Å². The van der Waals surface area contributed by atoms with Crippen LogP contribution in [-0.4, -0.2) is 24.0 Å². The van der Waals surface area contributed by atoms with Crippen LogP contribution in [0.5, 0.6) is 0 Å². The van der Waals surface area contributed by atoms with Crippen molar-refractivity contribution in [2.75, 3.05) is 13.1 Å². The average molecular weight is 474 g/mol. The normalized spacial score (nSPS) is 15.8. The van der Waals surface area contributed by atoms with E-state index in [-0.39, 0.29) is 0 Å². The van der Waals surface area contributed by atoms with Crippen LogP contribution in [0, 0.1) is 0 Å². The zero-order valence-electron chi connectivity index (χ0n) is 23.7. The van der Waals surface area contributed by atoms with Crippen LogP contribution in [0.1, 0.15) is 168 Å². The third kappa shape index (κ3) is 19.7. The Hall–Kier alpha value is -0.560. The van der Waals surface area contributed by atoms with Gasteiger partial charge in [0.15, 0.2) is 0 Å². The molecule has 0 saturated carbocycles. The number of rotatable bonds is 25. The lowest BCUT2D eigenvalue weighted by Gasteiger charge is -2.27. The monoisotopic (exact) mass is 473 g/mol. The molecule has 0 aromatic carbocycles. The fourth-order valence-corrected chi connectivity index (χ4v) is 5.50. The second-order valence-corrected chi connectivity index (χ2v) is 11.0. The molecule has 1 fully saturated rings. The van der Waals surface area contributed by atoms with E-state index < -0.39 is 0 Å². The summed E-state index contributed by atoms with van der Waals surface area (Å²) in [6, 6.07) is 0.899. The van der Waals surface area contributed by atoms with Crippen LogP contribution in [-0.2, 0) is 0 Å². The SMILES string of the molecule is CCCCC/C=C\C/C=C\CCCCCCCCCC(CCCCCCCCC)N1CCCC1. The second-order valence-electron chi connectivity index (χ2n) is 11.0. The fraction of sp³-hybridized carbons (Fsp3) is 0.879. The maximum absolute atomic E-state index is 2.84. The molecular formula is C33H63N. The van der Waals surface area contributed by atoms with Gasteiger partial charge in [-0.1, -0.05) is 134 Å². The zero-order chi connectivity index (χ0) is 24.4. The molecule has 1 atom stereocenters. The van der Waals surface area contributed by atoms with E-state index in [1.807, 2.05) is 0 Å². The van der Waals surface area contributed by atoms with Crippen molar-refractivity contribution < 1.29 is 0 Å². The van der Waals surface area contributed by atoms with E-state index in [0.29, 0.717) is 0 Å². The van der Waals surface area contributed by atoms with E-state index in [4.69, 9.17) is 0 Å². The van der Waals surface area contributed by atoms with Gasteiger partial charge >= 0.3 is 0 Å². The molecule has 1 unspecified atom stereocenters. The number of unbranched alkanes of at least 4 members (excludes halogenated alkanes) is 16. The standard InChI is InChI=1S/C33H63N/c1-3-5-7-9-11-12-13-14-15-16-17-18-19-20-22-24-26-30-33(34-31-27-28-32-34)29-25-23-21-10-8-6-4-2/h11-12,14-15,33H,3-10,13,16-32H2,1-2H3/b12-11-,15-14-. The molecule has 1 aliphatic rings. The summed E-state index contributed by atoms with van der Waals surface area (Å²) in [4.78, 5) is 2.84. The average Bonchev–Trinajstić information content (AvgIpc) is 3.39. The fourth-order valence-electron chi connectivity index (χ4n) is 5.50. The lowest BCUT2D eigenvalue weighted by Crippen LogP contribution is -2.32. The van der Waals surface area contributed by atoms with Crippen molar-refractivity contribution in [3.8, 4) is 0 Å². The lowest BCUT2D eigenvalue weighted by molar-refractivity contribution is 0.209. The molecule has 0 aromatic rings. The third-order valence-electron chi connectivity index (χ3n) is 7.79. The Balaban J connectivity index is 1.95. The van der Waals surface area contributed by atoms with Gasteiger partial charge in [0.2, 0.25) is 0 Å². The van der Waals surface area contributed by atoms with Gasteiger partial charge < -0.3 is 4.90 Å². The smallest absolute Gasteiger partial charge is 0.00952 e. The summed E-state index contributed by atoms with van der Waals surface area (Å²) in [6.45, 7) is 7.35. The molecule has 1 nitrogen and oxygen atoms in total. The Morgan fingerprint density at radius 3 is 1.44 bits per heavy atom. The van der Waals surface area contributed by atoms with Gasteiger partial charge in [0, 0.05) is 6.04 Å². The van der Waals surface area contributed by atoms with E-state index in [1.165, 1.54) is 161 Å². The number of hydrogen-bond donors (Lipinski definition) is 0. The van der Waals surface area contributed by atoms with Crippen molar-refractivity contribution in [1.29, 1.82) is 0 Å². The minimum absolute atomic E-state index is 0.899. The molecule has 0 amide bonds. The Labute approximate surface area is 216 Å². The lowest BCUT2D eigenvalue weighted by atomic mass is 9.98. The summed E-state index contributed by atoms with van der Waals surface area (Å²) >= 11 is 0. The molecule has 1 aliphatic heterocycles. The summed E-state index contributed by atoms with van der Waals surface area (Å²) in [5, 5.41) is 0. The first-order chi connectivity index (χ1) is 16.9. The van der Waals surface area contributed by atoms with Crippen molar-refractivity contribution in [3.05, 3.63) is 24.3 Å². The molecule has 0 aliphatic carbocycles. The molecule has 0 N–H and O–H groups in total. The molecule has 34 heavy (non-hydrogen) atoms. The van der Waals surface area contributed by atoms with Gasteiger partial charge in [0.05, 0.1) is 0 Å². The van der Waals surface area contributed by atoms with Gasteiger partial charge in [-0.05, 0) is 70.9 Å². The van der Waals surface area contributed by atoms with Crippen molar-refractivity contribution in [3.63, 3.8) is 0 Å². The van der Waals surface area contributed by atoms with E-state index in [0.717, 1.165) is 12.5 Å². The van der Waals surface area contributed by atoms with Crippen LogP contribution in [0.15, 0.2) is 24.3 Å². The molecule has 0 radical (unpaired) electrons. The first kappa shape index (κ1) is 31.5. The molecule has 1 rings (SSSR count). The molecule has 1 heteroatoms. The highest BCUT2D eigenvalue weighted by Gasteiger charge is 2.20. The van der Waals surface area contributed by atoms with Gasteiger partial charge in [-0.2, -0.15) is 0 Å². The number of nitrogens with zero attached hydrogens (tertiary/aromatic N) is 1. The molecule has 1 saturated heterocycles. The largest absolute Gasteiger partial charge is 0.300 e. The first-order valence-corrected chi connectivity index (χ1v) is 15.9. The van der Waals surface area contributed by atoms with E-state index >= 15 is 0 Å². The van der Waals surface area contributed by atoms with Crippen molar-refractivity contribution in [2.24, 2.45) is 0 Å². The number of likely N-dealkylation sites (tertiary alicyclic amines) is 1. The van der Waals surface area contributed by atoms with E-state index in [2.05, 4.69) is 43.1 Å². The van der Waals surface area contributed by atoms with Gasteiger partial charge in [0.25, 0.3) is 0 Å².